The molecule has 1 rings (SSSR count). The lowest BCUT2D eigenvalue weighted by Crippen LogP contribution is -2.50. The van der Waals surface area contributed by atoms with Crippen molar-refractivity contribution in [1.82, 2.24) is 4.90 Å². The van der Waals surface area contributed by atoms with Crippen molar-refractivity contribution in [3.05, 3.63) is 33.9 Å². The standard InChI is InChI=1S/C16H19F3N2O6/c1-15(2,3)27-13(23)11(20(4)14(24)16(17,18)19)8-9-5-6-12(22)10(7-9)21(25)26/h5-7,11,22H,8H2,1-4H3/t11-/m0/s1. The van der Waals surface area contributed by atoms with E-state index < -0.39 is 52.5 Å². The zero-order chi connectivity index (χ0) is 21.2. The minimum Gasteiger partial charge on any atom is -0.502 e. The smallest absolute Gasteiger partial charge is 0.471 e. The summed E-state index contributed by atoms with van der Waals surface area (Å²) in [4.78, 5) is 34.1. The Kier molecular flexibility index (Phi) is 6.41. The summed E-state index contributed by atoms with van der Waals surface area (Å²) in [6, 6.07) is 1.41. The molecule has 0 aromatic heterocycles. The van der Waals surface area contributed by atoms with Crippen LogP contribution >= 0.6 is 0 Å². The average molecular weight is 392 g/mol. The third-order valence-electron chi connectivity index (χ3n) is 3.37. The lowest BCUT2D eigenvalue weighted by atomic mass is 10.0. The number of esters is 1. The van der Waals surface area contributed by atoms with Crippen LogP contribution in [-0.2, 0) is 20.7 Å². The molecule has 0 radical (unpaired) electrons. The second-order valence-electron chi connectivity index (χ2n) is 6.75. The number of halogens is 3. The van der Waals surface area contributed by atoms with E-state index in [1.54, 1.807) is 0 Å². The van der Waals surface area contributed by atoms with Gasteiger partial charge in [-0.1, -0.05) is 6.07 Å². The normalized spacial score (nSPS) is 13.0. The van der Waals surface area contributed by atoms with Crippen molar-refractivity contribution in [2.75, 3.05) is 7.05 Å². The minimum absolute atomic E-state index is 0.0668. The van der Waals surface area contributed by atoms with E-state index in [0.29, 0.717) is 0 Å². The van der Waals surface area contributed by atoms with Gasteiger partial charge in [-0.2, -0.15) is 13.2 Å². The summed E-state index contributed by atoms with van der Waals surface area (Å²) in [5.74, 6) is -4.00. The number of carbonyl (C=O) groups is 2. The number of nitro groups is 1. The van der Waals surface area contributed by atoms with E-state index in [-0.39, 0.29) is 10.5 Å². The molecule has 0 saturated heterocycles. The maximum absolute atomic E-state index is 12.8. The van der Waals surface area contributed by atoms with Gasteiger partial charge in [0.05, 0.1) is 4.92 Å². The highest BCUT2D eigenvalue weighted by molar-refractivity contribution is 5.87. The maximum atomic E-state index is 12.8. The zero-order valence-corrected chi connectivity index (χ0v) is 15.0. The van der Waals surface area contributed by atoms with Crippen LogP contribution in [-0.4, -0.2) is 51.7 Å². The molecule has 150 valence electrons. The van der Waals surface area contributed by atoms with Gasteiger partial charge in [0.15, 0.2) is 5.75 Å². The van der Waals surface area contributed by atoms with E-state index >= 15 is 0 Å². The van der Waals surface area contributed by atoms with E-state index in [1.165, 1.54) is 26.8 Å². The highest BCUT2D eigenvalue weighted by Crippen LogP contribution is 2.28. The number of rotatable bonds is 5. The number of benzene rings is 1. The molecule has 0 unspecified atom stereocenters. The number of nitrogens with zero attached hydrogens (tertiary/aromatic N) is 2. The first-order valence-electron chi connectivity index (χ1n) is 7.66. The number of nitro benzene ring substituents is 1. The summed E-state index contributed by atoms with van der Waals surface area (Å²) in [6.07, 6.45) is -5.69. The van der Waals surface area contributed by atoms with Crippen molar-refractivity contribution < 1.29 is 37.5 Å². The fourth-order valence-corrected chi connectivity index (χ4v) is 2.16. The van der Waals surface area contributed by atoms with E-state index in [4.69, 9.17) is 4.74 Å². The Morgan fingerprint density at radius 1 is 1.30 bits per heavy atom. The van der Waals surface area contributed by atoms with Gasteiger partial charge >= 0.3 is 23.7 Å². The molecule has 0 aliphatic carbocycles. The summed E-state index contributed by atoms with van der Waals surface area (Å²) in [5.41, 5.74) is -1.64. The first-order valence-corrected chi connectivity index (χ1v) is 7.66. The molecule has 1 N–H and O–H groups in total. The second-order valence-corrected chi connectivity index (χ2v) is 6.75. The molecule has 11 heteroatoms. The molecule has 1 aromatic carbocycles. The number of alkyl halides is 3. The molecule has 0 fully saturated rings. The number of phenols is 1. The van der Waals surface area contributed by atoms with Gasteiger partial charge in [-0.3, -0.25) is 14.9 Å². The number of aromatic hydroxyl groups is 1. The number of hydrogen-bond acceptors (Lipinski definition) is 6. The summed E-state index contributed by atoms with van der Waals surface area (Å²) < 4.78 is 43.3. The minimum atomic E-state index is -5.21. The quantitative estimate of drug-likeness (QED) is 0.469. The van der Waals surface area contributed by atoms with Crippen LogP contribution in [0.15, 0.2) is 18.2 Å². The molecule has 0 aliphatic rings. The highest BCUT2D eigenvalue weighted by atomic mass is 19.4. The second kappa shape index (κ2) is 7.80. The molecular formula is C16H19F3N2O6. The molecule has 0 bridgehead atoms. The van der Waals surface area contributed by atoms with Crippen molar-refractivity contribution in [1.29, 1.82) is 0 Å². The van der Waals surface area contributed by atoms with E-state index in [1.807, 2.05) is 0 Å². The van der Waals surface area contributed by atoms with E-state index in [2.05, 4.69) is 0 Å². The molecule has 1 atom stereocenters. The summed E-state index contributed by atoms with van der Waals surface area (Å²) >= 11 is 0. The van der Waals surface area contributed by atoms with Crippen LogP contribution in [0.4, 0.5) is 18.9 Å². The Morgan fingerprint density at radius 3 is 2.30 bits per heavy atom. The van der Waals surface area contributed by atoms with Crippen LogP contribution in [0.1, 0.15) is 26.3 Å². The molecule has 0 saturated carbocycles. The zero-order valence-electron chi connectivity index (χ0n) is 15.0. The lowest BCUT2D eigenvalue weighted by molar-refractivity contribution is -0.385. The third kappa shape index (κ3) is 6.12. The van der Waals surface area contributed by atoms with Crippen molar-refractivity contribution in [3.8, 4) is 5.75 Å². The molecule has 1 aromatic rings. The predicted molar refractivity (Wildman–Crippen MR) is 86.9 cm³/mol. The van der Waals surface area contributed by atoms with Crippen LogP contribution < -0.4 is 0 Å². The van der Waals surface area contributed by atoms with Crippen LogP contribution in [0.25, 0.3) is 0 Å². The topological polar surface area (TPSA) is 110 Å². The van der Waals surface area contributed by atoms with Crippen molar-refractivity contribution in [3.63, 3.8) is 0 Å². The van der Waals surface area contributed by atoms with Gasteiger partial charge in [-0.05, 0) is 32.4 Å². The summed E-state index contributed by atoms with van der Waals surface area (Å²) in [5, 5.41) is 20.4. The molecular weight excluding hydrogens is 373 g/mol. The molecule has 0 spiro atoms. The van der Waals surface area contributed by atoms with Gasteiger partial charge in [0.1, 0.15) is 11.6 Å². The van der Waals surface area contributed by atoms with Gasteiger partial charge < -0.3 is 14.7 Å². The van der Waals surface area contributed by atoms with Crippen LogP contribution in [0.2, 0.25) is 0 Å². The number of amides is 1. The fourth-order valence-electron chi connectivity index (χ4n) is 2.16. The van der Waals surface area contributed by atoms with Crippen molar-refractivity contribution in [2.24, 2.45) is 0 Å². The van der Waals surface area contributed by atoms with Gasteiger partial charge in [-0.15, -0.1) is 0 Å². The summed E-state index contributed by atoms with van der Waals surface area (Å²) in [6.45, 7) is 4.50. The number of likely N-dealkylation sites (N-methyl/N-ethyl adjacent to an activating group) is 1. The fraction of sp³-hybridized carbons (Fsp3) is 0.500. The van der Waals surface area contributed by atoms with Crippen molar-refractivity contribution in [2.45, 2.75) is 45.0 Å². The Hall–Kier alpha value is -2.85. The first kappa shape index (κ1) is 22.2. The number of hydrogen-bond donors (Lipinski definition) is 1. The number of phenolic OH excluding ortho intramolecular Hbond substituents is 1. The van der Waals surface area contributed by atoms with E-state index in [9.17, 15) is 38.0 Å². The molecule has 27 heavy (non-hydrogen) atoms. The van der Waals surface area contributed by atoms with Crippen LogP contribution in [0, 0.1) is 10.1 Å². The van der Waals surface area contributed by atoms with Gasteiger partial charge in [0.2, 0.25) is 0 Å². The van der Waals surface area contributed by atoms with E-state index in [0.717, 1.165) is 19.2 Å². The molecule has 8 nitrogen and oxygen atoms in total. The number of carbonyl (C=O) groups excluding carboxylic acids is 2. The van der Waals surface area contributed by atoms with Crippen LogP contribution in [0.5, 0.6) is 5.75 Å². The van der Waals surface area contributed by atoms with Crippen LogP contribution in [0.3, 0.4) is 0 Å². The average Bonchev–Trinajstić information content (AvgIpc) is 2.49. The summed E-state index contributed by atoms with van der Waals surface area (Å²) in [7, 11) is 0.791. The number of ether oxygens (including phenoxy) is 1. The predicted octanol–water partition coefficient (Wildman–Crippen LogP) is 2.57. The first-order chi connectivity index (χ1) is 12.1. The third-order valence-corrected chi connectivity index (χ3v) is 3.37. The van der Waals surface area contributed by atoms with Gasteiger partial charge in [0.25, 0.3) is 0 Å². The molecule has 0 heterocycles. The monoisotopic (exact) mass is 392 g/mol. The van der Waals surface area contributed by atoms with Crippen molar-refractivity contribution >= 4 is 17.6 Å². The Labute approximate surface area is 152 Å². The largest absolute Gasteiger partial charge is 0.502 e. The Bertz CT molecular complexity index is 743. The molecule has 0 aliphatic heterocycles. The Balaban J connectivity index is 3.26. The van der Waals surface area contributed by atoms with Gasteiger partial charge in [0, 0.05) is 19.5 Å². The molecule has 1 amide bonds. The lowest BCUT2D eigenvalue weighted by Gasteiger charge is -2.30. The van der Waals surface area contributed by atoms with Gasteiger partial charge in [-0.25, -0.2) is 4.79 Å². The SMILES string of the molecule is CN(C(=O)C(F)(F)F)[C@@H](Cc1ccc(O)c([N+](=O)[O-])c1)C(=O)OC(C)(C)C. The Morgan fingerprint density at radius 2 is 1.85 bits per heavy atom. The highest BCUT2D eigenvalue weighted by Gasteiger charge is 2.45. The maximum Gasteiger partial charge on any atom is 0.471 e.